The van der Waals surface area contributed by atoms with Crippen LogP contribution in [0.2, 0.25) is 0 Å². The molecule has 182 valence electrons. The first kappa shape index (κ1) is 25.5. The number of hydrogen-bond donors (Lipinski definition) is 4. The van der Waals surface area contributed by atoms with E-state index in [1.807, 2.05) is 41.4 Å². The molecule has 1 amide bonds. The van der Waals surface area contributed by atoms with Gasteiger partial charge in [0.15, 0.2) is 0 Å². The Hall–Kier alpha value is -3.12. The number of amides is 1. The number of carboxylic acid groups (broad SMARTS) is 1. The molecule has 1 saturated heterocycles. The molecule has 1 fully saturated rings. The number of likely N-dealkylation sites (tertiary alicyclic amines) is 1. The number of nitrogens with one attached hydrogen (secondary N) is 2. The number of hydrogen-bond acceptors (Lipinski definition) is 5. The monoisotopic (exact) mass is 541 g/mol. The molecule has 0 spiro atoms. The predicted molar refractivity (Wildman–Crippen MR) is 124 cm³/mol. The van der Waals surface area contributed by atoms with Crippen molar-refractivity contribution in [3.63, 3.8) is 0 Å². The third-order valence-corrected chi connectivity index (χ3v) is 5.83. The molecule has 2 heterocycles. The zero-order chi connectivity index (χ0) is 24.9. The Labute approximate surface area is 201 Å². The molecule has 3 aromatic rings. The summed E-state index contributed by atoms with van der Waals surface area (Å²) in [6.07, 6.45) is -1.45. The molecular weight excluding hydrogens is 519 g/mol. The quantitative estimate of drug-likeness (QED) is 0.394. The maximum Gasteiger partial charge on any atom is 0.490 e. The second-order valence-corrected chi connectivity index (χ2v) is 8.67. The Morgan fingerprint density at radius 1 is 1.21 bits per heavy atom. The number of carbonyl (C=O) groups excluding carboxylic acids is 1. The van der Waals surface area contributed by atoms with Gasteiger partial charge in [-0.3, -0.25) is 9.89 Å². The van der Waals surface area contributed by atoms with Crippen molar-refractivity contribution >= 4 is 44.4 Å². The first-order valence-corrected chi connectivity index (χ1v) is 11.1. The Morgan fingerprint density at radius 3 is 2.50 bits per heavy atom. The highest BCUT2D eigenvalue weighted by molar-refractivity contribution is 9.10. The van der Waals surface area contributed by atoms with Crippen molar-refractivity contribution in [1.29, 1.82) is 0 Å². The molecule has 34 heavy (non-hydrogen) atoms. The van der Waals surface area contributed by atoms with Gasteiger partial charge in [-0.2, -0.15) is 18.3 Å². The molecule has 0 saturated carbocycles. The second kappa shape index (κ2) is 10.9. The normalized spacial score (nSPS) is 15.4. The number of nitrogens with two attached hydrogens (primary N) is 1. The van der Waals surface area contributed by atoms with E-state index in [9.17, 15) is 18.0 Å². The molecule has 1 aliphatic heterocycles. The van der Waals surface area contributed by atoms with Crippen LogP contribution in [0.25, 0.3) is 10.9 Å². The van der Waals surface area contributed by atoms with Crippen LogP contribution < -0.4 is 11.1 Å². The van der Waals surface area contributed by atoms with Gasteiger partial charge in [0.05, 0.1) is 11.7 Å². The number of rotatable bonds is 4. The molecule has 1 aromatic heterocycles. The number of aliphatic carboxylic acids is 1. The summed E-state index contributed by atoms with van der Waals surface area (Å²) in [5.74, 6) is -2.76. The minimum Gasteiger partial charge on any atom is -0.475 e. The number of halogens is 4. The smallest absolute Gasteiger partial charge is 0.475 e. The van der Waals surface area contributed by atoms with Crippen LogP contribution in [0.15, 0.2) is 53.1 Å². The van der Waals surface area contributed by atoms with Crippen LogP contribution in [-0.4, -0.2) is 57.4 Å². The van der Waals surface area contributed by atoms with Gasteiger partial charge in [-0.05, 0) is 48.7 Å². The van der Waals surface area contributed by atoms with E-state index in [1.165, 1.54) is 0 Å². The zero-order valence-electron chi connectivity index (χ0n) is 17.8. The van der Waals surface area contributed by atoms with E-state index in [-0.39, 0.29) is 5.91 Å². The molecule has 2 aromatic carbocycles. The molecule has 0 aliphatic carbocycles. The van der Waals surface area contributed by atoms with Crippen LogP contribution in [0.1, 0.15) is 24.4 Å². The van der Waals surface area contributed by atoms with Crippen molar-refractivity contribution in [1.82, 2.24) is 15.1 Å². The number of benzene rings is 2. The third-order valence-electron chi connectivity index (χ3n) is 5.33. The van der Waals surface area contributed by atoms with E-state index in [4.69, 9.17) is 15.6 Å². The number of nitrogens with zero attached hydrogens (tertiary/aromatic N) is 2. The Bertz CT molecular complexity index is 1150. The Morgan fingerprint density at radius 2 is 1.88 bits per heavy atom. The number of piperidine rings is 1. The third kappa shape index (κ3) is 6.70. The fourth-order valence-electron chi connectivity index (χ4n) is 3.55. The SMILES string of the molecule is NC(C(=O)N1CCC(Nc2ccc3[nH]ncc3c2)CC1)c1cccc(Br)c1.O=C(O)C(F)(F)F. The summed E-state index contributed by atoms with van der Waals surface area (Å²) in [6.45, 7) is 1.43. The zero-order valence-corrected chi connectivity index (χ0v) is 19.4. The lowest BCUT2D eigenvalue weighted by Gasteiger charge is -2.34. The van der Waals surface area contributed by atoms with Gasteiger partial charge >= 0.3 is 12.1 Å². The molecule has 1 aliphatic rings. The number of carbonyl (C=O) groups is 2. The molecule has 4 rings (SSSR count). The number of H-pyrrole nitrogens is 1. The van der Waals surface area contributed by atoms with Crippen LogP contribution in [0.4, 0.5) is 18.9 Å². The summed E-state index contributed by atoms with van der Waals surface area (Å²) in [4.78, 5) is 23.5. The minimum atomic E-state index is -5.08. The summed E-state index contributed by atoms with van der Waals surface area (Å²) in [6, 6.07) is 13.5. The van der Waals surface area contributed by atoms with Gasteiger partial charge in [-0.25, -0.2) is 4.79 Å². The number of fused-ring (bicyclic) bond motifs is 1. The van der Waals surface area contributed by atoms with Gasteiger partial charge in [0.1, 0.15) is 6.04 Å². The van der Waals surface area contributed by atoms with Gasteiger partial charge in [-0.15, -0.1) is 0 Å². The maximum absolute atomic E-state index is 12.7. The minimum absolute atomic E-state index is 0.00799. The summed E-state index contributed by atoms with van der Waals surface area (Å²) in [5.41, 5.74) is 9.15. The van der Waals surface area contributed by atoms with Gasteiger partial charge < -0.3 is 21.1 Å². The standard InChI is InChI=1S/C20H22BrN5O.C2HF3O2/c21-15-3-1-2-13(10-15)19(22)20(27)26-8-6-16(7-9-26)24-17-4-5-18-14(11-17)12-23-25-18;3-2(4,5)1(6)7/h1-5,10-12,16,19,24H,6-9,22H2,(H,23,25);(H,6,7). The summed E-state index contributed by atoms with van der Waals surface area (Å²) in [7, 11) is 0. The maximum atomic E-state index is 12.7. The fraction of sp³-hybridized carbons (Fsp3) is 0.318. The van der Waals surface area contributed by atoms with E-state index >= 15 is 0 Å². The Kier molecular flexibility index (Phi) is 8.15. The molecule has 1 unspecified atom stereocenters. The van der Waals surface area contributed by atoms with Crippen LogP contribution in [0.3, 0.4) is 0 Å². The van der Waals surface area contributed by atoms with Crippen LogP contribution >= 0.6 is 15.9 Å². The first-order valence-electron chi connectivity index (χ1n) is 10.3. The average molecular weight is 542 g/mol. The van der Waals surface area contributed by atoms with Crippen molar-refractivity contribution in [2.75, 3.05) is 18.4 Å². The summed E-state index contributed by atoms with van der Waals surface area (Å²) in [5, 5.41) is 18.8. The topological polar surface area (TPSA) is 124 Å². The number of aromatic amines is 1. The number of aromatic nitrogens is 2. The highest BCUT2D eigenvalue weighted by atomic mass is 79.9. The van der Waals surface area contributed by atoms with E-state index in [0.717, 1.165) is 39.5 Å². The molecule has 5 N–H and O–H groups in total. The molecule has 0 bridgehead atoms. The van der Waals surface area contributed by atoms with Gasteiger partial charge in [0.2, 0.25) is 5.91 Å². The van der Waals surface area contributed by atoms with Crippen molar-refractivity contribution in [3.8, 4) is 0 Å². The van der Waals surface area contributed by atoms with Gasteiger partial charge in [0, 0.05) is 34.7 Å². The van der Waals surface area contributed by atoms with Crippen LogP contribution in [0, 0.1) is 0 Å². The Balaban J connectivity index is 0.000000406. The van der Waals surface area contributed by atoms with Crippen LogP contribution in [-0.2, 0) is 9.59 Å². The summed E-state index contributed by atoms with van der Waals surface area (Å²) < 4.78 is 32.7. The molecule has 12 heteroatoms. The van der Waals surface area contributed by atoms with Crippen molar-refractivity contribution in [2.24, 2.45) is 5.73 Å². The van der Waals surface area contributed by atoms with Crippen LogP contribution in [0.5, 0.6) is 0 Å². The molecule has 1 atom stereocenters. The second-order valence-electron chi connectivity index (χ2n) is 7.75. The predicted octanol–water partition coefficient (Wildman–Crippen LogP) is 4.06. The lowest BCUT2D eigenvalue weighted by molar-refractivity contribution is -0.192. The fourth-order valence-corrected chi connectivity index (χ4v) is 3.97. The number of anilines is 1. The number of alkyl halides is 3. The molecule has 8 nitrogen and oxygen atoms in total. The van der Waals surface area contributed by atoms with Gasteiger partial charge in [-0.1, -0.05) is 28.1 Å². The summed E-state index contributed by atoms with van der Waals surface area (Å²) >= 11 is 3.43. The van der Waals surface area contributed by atoms with E-state index in [2.05, 4.69) is 43.6 Å². The van der Waals surface area contributed by atoms with Crippen molar-refractivity contribution in [3.05, 3.63) is 58.7 Å². The van der Waals surface area contributed by atoms with Gasteiger partial charge in [0.25, 0.3) is 0 Å². The van der Waals surface area contributed by atoms with E-state index < -0.39 is 18.2 Å². The van der Waals surface area contributed by atoms with E-state index in [1.54, 1.807) is 0 Å². The lowest BCUT2D eigenvalue weighted by Crippen LogP contribution is -2.45. The average Bonchev–Trinajstić information content (AvgIpc) is 3.26. The highest BCUT2D eigenvalue weighted by Gasteiger charge is 2.38. The molecular formula is C22H23BrF3N5O3. The highest BCUT2D eigenvalue weighted by Crippen LogP contribution is 2.23. The van der Waals surface area contributed by atoms with E-state index in [0.29, 0.717) is 19.1 Å². The molecule has 0 radical (unpaired) electrons. The van der Waals surface area contributed by atoms with Crippen molar-refractivity contribution in [2.45, 2.75) is 31.1 Å². The van der Waals surface area contributed by atoms with Crippen molar-refractivity contribution < 1.29 is 27.9 Å². The number of carboxylic acids is 1. The lowest BCUT2D eigenvalue weighted by atomic mass is 10.0. The largest absolute Gasteiger partial charge is 0.490 e. The first-order chi connectivity index (χ1) is 16.0.